The first-order valence-electron chi connectivity index (χ1n) is 7.46. The van der Waals surface area contributed by atoms with Crippen LogP contribution in [0, 0.1) is 18.8 Å². The summed E-state index contributed by atoms with van der Waals surface area (Å²) in [6.45, 7) is 6.37. The molecule has 20 heavy (non-hydrogen) atoms. The molecule has 0 aliphatic heterocycles. The van der Waals surface area contributed by atoms with Crippen LogP contribution in [0.15, 0.2) is 12.1 Å². The average molecular weight is 276 g/mol. The molecular formula is C16H24N2O2. The quantitative estimate of drug-likeness (QED) is 0.880. The molecule has 4 nitrogen and oxygen atoms in total. The zero-order valence-corrected chi connectivity index (χ0v) is 12.5. The summed E-state index contributed by atoms with van der Waals surface area (Å²) in [6.07, 6.45) is 4.78. The highest BCUT2D eigenvalue weighted by molar-refractivity contribution is 5.93. The molecule has 1 saturated carbocycles. The van der Waals surface area contributed by atoms with Gasteiger partial charge in [0.2, 0.25) is 0 Å². The van der Waals surface area contributed by atoms with E-state index in [-0.39, 0.29) is 5.56 Å². The number of carboxylic acids is 1. The lowest BCUT2D eigenvalue weighted by Crippen LogP contribution is -2.36. The molecule has 2 atom stereocenters. The molecule has 1 aromatic heterocycles. The van der Waals surface area contributed by atoms with Gasteiger partial charge in [0.15, 0.2) is 0 Å². The van der Waals surface area contributed by atoms with Crippen LogP contribution >= 0.6 is 0 Å². The van der Waals surface area contributed by atoms with E-state index in [2.05, 4.69) is 24.1 Å². The van der Waals surface area contributed by atoms with Gasteiger partial charge in [-0.3, -0.25) is 0 Å². The number of rotatable bonds is 4. The molecule has 0 saturated heterocycles. The van der Waals surface area contributed by atoms with Crippen LogP contribution in [0.1, 0.15) is 55.6 Å². The first-order chi connectivity index (χ1) is 9.49. The van der Waals surface area contributed by atoms with E-state index >= 15 is 0 Å². The van der Waals surface area contributed by atoms with Crippen molar-refractivity contribution in [2.45, 2.75) is 52.5 Å². The van der Waals surface area contributed by atoms with Gasteiger partial charge >= 0.3 is 5.97 Å². The number of hydrogen-bond donors (Lipinski definition) is 2. The highest BCUT2D eigenvalue weighted by Crippen LogP contribution is 2.32. The van der Waals surface area contributed by atoms with Crippen molar-refractivity contribution in [3.8, 4) is 0 Å². The Bertz CT molecular complexity index is 485. The van der Waals surface area contributed by atoms with E-state index in [1.54, 1.807) is 12.1 Å². The molecule has 0 bridgehead atoms. The Morgan fingerprint density at radius 1 is 1.35 bits per heavy atom. The number of aromatic nitrogens is 1. The van der Waals surface area contributed by atoms with Gasteiger partial charge in [0.1, 0.15) is 11.4 Å². The molecule has 4 heteroatoms. The second-order valence-corrected chi connectivity index (χ2v) is 6.10. The van der Waals surface area contributed by atoms with Crippen molar-refractivity contribution < 1.29 is 9.90 Å². The summed E-state index contributed by atoms with van der Waals surface area (Å²) in [6, 6.07) is 3.71. The summed E-state index contributed by atoms with van der Waals surface area (Å²) in [5.74, 6) is 0.797. The minimum atomic E-state index is -0.920. The van der Waals surface area contributed by atoms with Gasteiger partial charge in [-0.05, 0) is 43.7 Å². The van der Waals surface area contributed by atoms with Crippen molar-refractivity contribution in [2.24, 2.45) is 11.8 Å². The SMILES string of the molecule is Cc1ccc(C(=O)O)c(NC2CCCCC2C(C)C)n1. The topological polar surface area (TPSA) is 62.2 Å². The Kier molecular flexibility index (Phi) is 4.63. The molecule has 0 aromatic carbocycles. The van der Waals surface area contributed by atoms with E-state index in [9.17, 15) is 9.90 Å². The molecule has 1 heterocycles. The maximum atomic E-state index is 11.3. The number of hydrogen-bond acceptors (Lipinski definition) is 3. The van der Waals surface area contributed by atoms with Crippen LogP contribution < -0.4 is 5.32 Å². The minimum Gasteiger partial charge on any atom is -0.478 e. The number of carbonyl (C=O) groups is 1. The highest BCUT2D eigenvalue weighted by Gasteiger charge is 2.28. The second kappa shape index (κ2) is 6.25. The zero-order chi connectivity index (χ0) is 14.7. The normalized spacial score (nSPS) is 22.8. The van der Waals surface area contributed by atoms with Crippen LogP contribution in [0.3, 0.4) is 0 Å². The van der Waals surface area contributed by atoms with Gasteiger partial charge < -0.3 is 10.4 Å². The number of pyridine rings is 1. The van der Waals surface area contributed by atoms with E-state index in [1.165, 1.54) is 19.3 Å². The van der Waals surface area contributed by atoms with Crippen LogP contribution in [0.5, 0.6) is 0 Å². The van der Waals surface area contributed by atoms with Gasteiger partial charge in [0.25, 0.3) is 0 Å². The molecule has 110 valence electrons. The van der Waals surface area contributed by atoms with Crippen LogP contribution in [0.25, 0.3) is 0 Å². The Hall–Kier alpha value is -1.58. The fraction of sp³-hybridized carbons (Fsp3) is 0.625. The van der Waals surface area contributed by atoms with Gasteiger partial charge in [-0.1, -0.05) is 26.7 Å². The van der Waals surface area contributed by atoms with Crippen molar-refractivity contribution in [3.05, 3.63) is 23.4 Å². The summed E-state index contributed by atoms with van der Waals surface area (Å²) in [5, 5.41) is 12.7. The first-order valence-corrected chi connectivity index (χ1v) is 7.46. The number of nitrogens with one attached hydrogen (secondary N) is 1. The largest absolute Gasteiger partial charge is 0.478 e. The summed E-state index contributed by atoms with van der Waals surface area (Å²) < 4.78 is 0. The van der Waals surface area contributed by atoms with Crippen molar-refractivity contribution in [2.75, 3.05) is 5.32 Å². The summed E-state index contributed by atoms with van der Waals surface area (Å²) in [4.78, 5) is 15.7. The number of nitrogens with zero attached hydrogens (tertiary/aromatic N) is 1. The van der Waals surface area contributed by atoms with Gasteiger partial charge in [0.05, 0.1) is 0 Å². The molecule has 1 aliphatic rings. The predicted molar refractivity (Wildman–Crippen MR) is 80.1 cm³/mol. The standard InChI is InChI=1S/C16H24N2O2/c1-10(2)12-6-4-5-7-14(12)18-15-13(16(19)20)9-8-11(3)17-15/h8-10,12,14H,4-7H2,1-3H3,(H,17,18)(H,19,20). The summed E-state index contributed by atoms with van der Waals surface area (Å²) in [7, 11) is 0. The van der Waals surface area contributed by atoms with Crippen LogP contribution in [-0.4, -0.2) is 22.1 Å². The average Bonchev–Trinajstić information content (AvgIpc) is 2.38. The Morgan fingerprint density at radius 2 is 2.05 bits per heavy atom. The Labute approximate surface area is 120 Å². The van der Waals surface area contributed by atoms with Gasteiger partial charge in [0, 0.05) is 11.7 Å². The lowest BCUT2D eigenvalue weighted by Gasteiger charge is -2.35. The van der Waals surface area contributed by atoms with E-state index in [0.29, 0.717) is 23.7 Å². The van der Waals surface area contributed by atoms with Gasteiger partial charge in [-0.2, -0.15) is 0 Å². The lowest BCUT2D eigenvalue weighted by molar-refractivity contribution is 0.0697. The number of aryl methyl sites for hydroxylation is 1. The molecule has 2 rings (SSSR count). The smallest absolute Gasteiger partial charge is 0.339 e. The van der Waals surface area contributed by atoms with Crippen molar-refractivity contribution >= 4 is 11.8 Å². The fourth-order valence-corrected chi connectivity index (χ4v) is 3.15. The maximum absolute atomic E-state index is 11.3. The van der Waals surface area contributed by atoms with E-state index in [4.69, 9.17) is 0 Å². The Balaban J connectivity index is 2.23. The molecule has 1 fully saturated rings. The predicted octanol–water partition coefficient (Wildman–Crippen LogP) is 3.71. The third kappa shape index (κ3) is 3.30. The number of anilines is 1. The lowest BCUT2D eigenvalue weighted by atomic mass is 9.78. The molecule has 0 spiro atoms. The molecule has 2 N–H and O–H groups in total. The number of carboxylic acid groups (broad SMARTS) is 1. The molecule has 0 amide bonds. The van der Waals surface area contributed by atoms with Crippen LogP contribution in [0.2, 0.25) is 0 Å². The maximum Gasteiger partial charge on any atom is 0.339 e. The van der Waals surface area contributed by atoms with Crippen LogP contribution in [-0.2, 0) is 0 Å². The van der Waals surface area contributed by atoms with E-state index < -0.39 is 5.97 Å². The molecular weight excluding hydrogens is 252 g/mol. The molecule has 0 radical (unpaired) electrons. The summed E-state index contributed by atoms with van der Waals surface area (Å²) in [5.41, 5.74) is 1.11. The first kappa shape index (κ1) is 14.8. The van der Waals surface area contributed by atoms with Crippen LogP contribution in [0.4, 0.5) is 5.82 Å². The van der Waals surface area contributed by atoms with Crippen molar-refractivity contribution in [1.29, 1.82) is 0 Å². The third-order valence-corrected chi connectivity index (χ3v) is 4.26. The van der Waals surface area contributed by atoms with Crippen molar-refractivity contribution in [3.63, 3.8) is 0 Å². The Morgan fingerprint density at radius 3 is 2.70 bits per heavy atom. The minimum absolute atomic E-state index is 0.267. The highest BCUT2D eigenvalue weighted by atomic mass is 16.4. The second-order valence-electron chi connectivity index (χ2n) is 6.10. The van der Waals surface area contributed by atoms with Crippen molar-refractivity contribution in [1.82, 2.24) is 4.98 Å². The van der Waals surface area contributed by atoms with Gasteiger partial charge in [-0.25, -0.2) is 9.78 Å². The van der Waals surface area contributed by atoms with Gasteiger partial charge in [-0.15, -0.1) is 0 Å². The van der Waals surface area contributed by atoms with E-state index in [1.807, 2.05) is 6.92 Å². The molecule has 1 aromatic rings. The van der Waals surface area contributed by atoms with E-state index in [0.717, 1.165) is 12.1 Å². The summed E-state index contributed by atoms with van der Waals surface area (Å²) >= 11 is 0. The molecule has 2 unspecified atom stereocenters. The fourth-order valence-electron chi connectivity index (χ4n) is 3.15. The molecule has 1 aliphatic carbocycles. The monoisotopic (exact) mass is 276 g/mol. The third-order valence-electron chi connectivity index (χ3n) is 4.26. The zero-order valence-electron chi connectivity index (χ0n) is 12.5. The number of aromatic carboxylic acids is 1.